The number of fused-ring (bicyclic) bond motifs is 5. The number of carbonyl (C=O) groups excluding carboxylic acids is 1. The van der Waals surface area contributed by atoms with Gasteiger partial charge in [-0.2, -0.15) is 0 Å². The van der Waals surface area contributed by atoms with Crippen molar-refractivity contribution in [2.75, 3.05) is 32.0 Å². The van der Waals surface area contributed by atoms with Gasteiger partial charge in [0.2, 0.25) is 0 Å². The largest absolute Gasteiger partial charge is 0.381 e. The van der Waals surface area contributed by atoms with Crippen molar-refractivity contribution in [2.24, 2.45) is 0 Å². The van der Waals surface area contributed by atoms with Gasteiger partial charge in [-0.3, -0.25) is 4.79 Å². The van der Waals surface area contributed by atoms with Crippen molar-refractivity contribution in [3.63, 3.8) is 0 Å². The molecule has 0 saturated carbocycles. The zero-order valence-corrected chi connectivity index (χ0v) is 20.5. The number of likely N-dealkylation sites (N-methyl/N-ethyl adjacent to an activating group) is 1. The lowest BCUT2D eigenvalue weighted by Crippen LogP contribution is -2.34. The van der Waals surface area contributed by atoms with Gasteiger partial charge in [-0.15, -0.1) is 17.8 Å². The van der Waals surface area contributed by atoms with Crippen LogP contribution in [0.4, 0.5) is 5.69 Å². The zero-order chi connectivity index (χ0) is 24.1. The van der Waals surface area contributed by atoms with E-state index in [-0.39, 0.29) is 11.9 Å². The smallest absolute Gasteiger partial charge is 0.263 e. The zero-order valence-electron chi connectivity index (χ0n) is 19.7. The van der Waals surface area contributed by atoms with Gasteiger partial charge in [0.05, 0.1) is 22.6 Å². The molecule has 2 aliphatic heterocycles. The van der Waals surface area contributed by atoms with Crippen LogP contribution in [0.15, 0.2) is 42.5 Å². The molecular formula is C28H25N5OS. The highest BCUT2D eigenvalue weighted by Crippen LogP contribution is 2.41. The second-order valence-electron chi connectivity index (χ2n) is 9.28. The molecule has 0 saturated heterocycles. The quantitative estimate of drug-likeness (QED) is 0.406. The van der Waals surface area contributed by atoms with Crippen LogP contribution in [0.2, 0.25) is 0 Å². The maximum absolute atomic E-state index is 12.7. The number of anilines is 1. The average molecular weight is 480 g/mol. The van der Waals surface area contributed by atoms with E-state index in [1.807, 2.05) is 25.1 Å². The van der Waals surface area contributed by atoms with E-state index in [9.17, 15) is 4.79 Å². The number of terminal acetylenes is 1. The van der Waals surface area contributed by atoms with Crippen LogP contribution in [-0.2, 0) is 0 Å². The third-order valence-electron chi connectivity index (χ3n) is 6.70. The van der Waals surface area contributed by atoms with Gasteiger partial charge in [-0.25, -0.2) is 9.97 Å². The number of benzene rings is 1. The Bertz CT molecular complexity index is 1580. The number of pyridine rings is 2. The van der Waals surface area contributed by atoms with Crippen molar-refractivity contribution >= 4 is 49.5 Å². The Kier molecular flexibility index (Phi) is 5.28. The SMILES string of the molecule is C#Cc1cc(-c2ccc3c(ccc4sc5c(c43)NC[C@@H](C)NC5=O)n2)cc(C2=CCN(C)CC2)n1. The van der Waals surface area contributed by atoms with E-state index in [0.29, 0.717) is 12.2 Å². The highest BCUT2D eigenvalue weighted by atomic mass is 32.1. The summed E-state index contributed by atoms with van der Waals surface area (Å²) in [5.41, 5.74) is 6.36. The van der Waals surface area contributed by atoms with E-state index in [0.717, 1.165) is 68.0 Å². The number of amides is 1. The van der Waals surface area contributed by atoms with E-state index < -0.39 is 0 Å². The van der Waals surface area contributed by atoms with Gasteiger partial charge >= 0.3 is 0 Å². The maximum atomic E-state index is 12.7. The molecule has 0 radical (unpaired) electrons. The maximum Gasteiger partial charge on any atom is 0.263 e. The molecule has 0 bridgehead atoms. The van der Waals surface area contributed by atoms with E-state index in [2.05, 4.69) is 52.8 Å². The van der Waals surface area contributed by atoms with E-state index in [4.69, 9.17) is 16.4 Å². The lowest BCUT2D eigenvalue weighted by molar-refractivity contribution is 0.0949. The standard InChI is InChI=1S/C28H25N5OS/c1-4-19-13-18(14-23(31-19)17-9-11-33(3)12-10-17)21-6-5-20-22(32-21)7-8-24-25(20)26-27(35-24)28(34)30-16(2)15-29-26/h1,5-9,13-14,16,29H,10-12,15H2,2-3H3,(H,30,34)/t16-/m1/s1. The number of aromatic nitrogens is 2. The molecule has 0 aliphatic carbocycles. The van der Waals surface area contributed by atoms with Crippen molar-refractivity contribution in [1.82, 2.24) is 20.2 Å². The fourth-order valence-corrected chi connectivity index (χ4v) is 5.90. The van der Waals surface area contributed by atoms with Crippen LogP contribution in [0.5, 0.6) is 0 Å². The molecule has 1 aromatic carbocycles. The molecule has 6 nitrogen and oxygen atoms in total. The summed E-state index contributed by atoms with van der Waals surface area (Å²) in [7, 11) is 2.12. The Morgan fingerprint density at radius 2 is 2.06 bits per heavy atom. The third kappa shape index (κ3) is 3.85. The second-order valence-corrected chi connectivity index (χ2v) is 10.3. The molecule has 6 rings (SSSR count). The van der Waals surface area contributed by atoms with Gasteiger partial charge in [0.25, 0.3) is 5.91 Å². The van der Waals surface area contributed by atoms with Gasteiger partial charge in [0.1, 0.15) is 10.6 Å². The average Bonchev–Trinajstić information content (AvgIpc) is 3.20. The molecule has 1 atom stereocenters. The van der Waals surface area contributed by atoms with Gasteiger partial charge in [0, 0.05) is 46.7 Å². The summed E-state index contributed by atoms with van der Waals surface area (Å²) in [6, 6.07) is 12.3. The van der Waals surface area contributed by atoms with Crippen LogP contribution in [0.1, 0.15) is 34.4 Å². The molecule has 4 aromatic rings. The molecule has 3 aromatic heterocycles. The number of carbonyl (C=O) groups is 1. The van der Waals surface area contributed by atoms with Crippen molar-refractivity contribution < 1.29 is 4.79 Å². The van der Waals surface area contributed by atoms with Crippen LogP contribution in [0, 0.1) is 12.3 Å². The van der Waals surface area contributed by atoms with Crippen LogP contribution in [0.25, 0.3) is 37.8 Å². The molecule has 174 valence electrons. The molecule has 7 heteroatoms. The van der Waals surface area contributed by atoms with Gasteiger partial charge in [-0.1, -0.05) is 12.0 Å². The summed E-state index contributed by atoms with van der Waals surface area (Å²) in [4.78, 5) is 25.4. The van der Waals surface area contributed by atoms with Crippen molar-refractivity contribution in [3.05, 3.63) is 58.7 Å². The Labute approximate surface area is 208 Å². The first-order valence-electron chi connectivity index (χ1n) is 11.8. The molecule has 0 fully saturated rings. The predicted octanol–water partition coefficient (Wildman–Crippen LogP) is 4.76. The Balaban J connectivity index is 1.47. The second kappa shape index (κ2) is 8.49. The van der Waals surface area contributed by atoms with Crippen LogP contribution < -0.4 is 10.6 Å². The Morgan fingerprint density at radius 1 is 1.17 bits per heavy atom. The summed E-state index contributed by atoms with van der Waals surface area (Å²) in [6.07, 6.45) is 8.93. The minimum Gasteiger partial charge on any atom is -0.381 e. The van der Waals surface area contributed by atoms with Crippen molar-refractivity contribution in [3.8, 4) is 23.6 Å². The number of rotatable bonds is 2. The Morgan fingerprint density at radius 3 is 2.86 bits per heavy atom. The van der Waals surface area contributed by atoms with Crippen LogP contribution in [-0.4, -0.2) is 53.5 Å². The van der Waals surface area contributed by atoms with Crippen LogP contribution >= 0.6 is 11.3 Å². The monoisotopic (exact) mass is 479 g/mol. The van der Waals surface area contributed by atoms with Crippen LogP contribution in [0.3, 0.4) is 0 Å². The van der Waals surface area contributed by atoms with Crippen molar-refractivity contribution in [2.45, 2.75) is 19.4 Å². The Hall–Kier alpha value is -3.73. The lowest BCUT2D eigenvalue weighted by atomic mass is 10.0. The first kappa shape index (κ1) is 21.8. The summed E-state index contributed by atoms with van der Waals surface area (Å²) >= 11 is 1.52. The first-order valence-corrected chi connectivity index (χ1v) is 12.6. The summed E-state index contributed by atoms with van der Waals surface area (Å²) in [5.74, 6) is 2.69. The van der Waals surface area contributed by atoms with Gasteiger partial charge in [-0.05, 0) is 62.4 Å². The number of hydrogen-bond donors (Lipinski definition) is 2. The molecule has 2 aliphatic rings. The highest BCUT2D eigenvalue weighted by molar-refractivity contribution is 7.21. The minimum atomic E-state index is -0.0224. The fraction of sp³-hybridized carbons (Fsp3) is 0.250. The fourth-order valence-electron chi connectivity index (χ4n) is 4.81. The normalized spacial score (nSPS) is 18.4. The molecular weight excluding hydrogens is 454 g/mol. The first-order chi connectivity index (χ1) is 17.0. The number of nitrogens with one attached hydrogen (secondary N) is 2. The molecule has 0 spiro atoms. The predicted molar refractivity (Wildman–Crippen MR) is 144 cm³/mol. The van der Waals surface area contributed by atoms with E-state index in [1.165, 1.54) is 16.9 Å². The third-order valence-corrected chi connectivity index (χ3v) is 7.85. The van der Waals surface area contributed by atoms with Gasteiger partial charge in [0.15, 0.2) is 0 Å². The molecule has 5 heterocycles. The molecule has 2 N–H and O–H groups in total. The van der Waals surface area contributed by atoms with E-state index >= 15 is 0 Å². The number of hydrogen-bond acceptors (Lipinski definition) is 6. The topological polar surface area (TPSA) is 70.2 Å². The summed E-state index contributed by atoms with van der Waals surface area (Å²) < 4.78 is 1.07. The van der Waals surface area contributed by atoms with Gasteiger partial charge < -0.3 is 15.5 Å². The van der Waals surface area contributed by atoms with E-state index in [1.54, 1.807) is 0 Å². The molecule has 1 amide bonds. The minimum absolute atomic E-state index is 0.0224. The highest BCUT2D eigenvalue weighted by Gasteiger charge is 2.25. The number of thiophene rings is 1. The molecule has 0 unspecified atom stereocenters. The summed E-state index contributed by atoms with van der Waals surface area (Å²) in [5, 5.41) is 8.62. The summed E-state index contributed by atoms with van der Waals surface area (Å²) in [6.45, 7) is 4.60. The molecule has 35 heavy (non-hydrogen) atoms. The number of nitrogens with zero attached hydrogens (tertiary/aromatic N) is 3. The lowest BCUT2D eigenvalue weighted by Gasteiger charge is -2.22. The van der Waals surface area contributed by atoms with Crippen molar-refractivity contribution in [1.29, 1.82) is 0 Å².